The molecule has 1 heterocycles. The van der Waals surface area contributed by atoms with Crippen LogP contribution in [0.2, 0.25) is 0 Å². The van der Waals surface area contributed by atoms with Gasteiger partial charge in [-0.05, 0) is 23.8 Å². The van der Waals surface area contributed by atoms with E-state index >= 15 is 0 Å². The lowest BCUT2D eigenvalue weighted by Gasteiger charge is -2.07. The monoisotopic (exact) mass is 251 g/mol. The smallest absolute Gasteiger partial charge is 0.189 e. The van der Waals surface area contributed by atoms with Gasteiger partial charge in [0.2, 0.25) is 0 Å². The van der Waals surface area contributed by atoms with E-state index in [1.807, 2.05) is 42.5 Å². The number of rotatable bonds is 3. The fourth-order valence-corrected chi connectivity index (χ4v) is 1.98. The van der Waals surface area contributed by atoms with Crippen molar-refractivity contribution in [1.82, 2.24) is 4.98 Å². The van der Waals surface area contributed by atoms with Gasteiger partial charge in [0.25, 0.3) is 0 Å². The van der Waals surface area contributed by atoms with E-state index in [9.17, 15) is 4.79 Å². The summed E-state index contributed by atoms with van der Waals surface area (Å²) in [4.78, 5) is 14.8. The van der Waals surface area contributed by atoms with Gasteiger partial charge in [0.1, 0.15) is 12.4 Å². The Labute approximate surface area is 110 Å². The van der Waals surface area contributed by atoms with Crippen LogP contribution >= 0.6 is 0 Å². The number of pyridine rings is 1. The van der Waals surface area contributed by atoms with Gasteiger partial charge in [-0.1, -0.05) is 30.3 Å². The zero-order valence-corrected chi connectivity index (χ0v) is 10.3. The quantitative estimate of drug-likeness (QED) is 0.777. The lowest BCUT2D eigenvalue weighted by atomic mass is 10.2. The predicted molar refractivity (Wildman–Crippen MR) is 75.3 cm³/mol. The predicted octanol–water partition coefficient (Wildman–Crippen LogP) is 3.11. The van der Waals surface area contributed by atoms with E-state index < -0.39 is 0 Å². The molecule has 0 saturated carbocycles. The lowest BCUT2D eigenvalue weighted by molar-refractivity contribution is 0.306. The fourth-order valence-electron chi connectivity index (χ4n) is 1.98. The first kappa shape index (κ1) is 11.5. The van der Waals surface area contributed by atoms with Crippen LogP contribution in [-0.4, -0.2) is 4.98 Å². The molecule has 0 radical (unpaired) electrons. The van der Waals surface area contributed by atoms with Gasteiger partial charge < -0.3 is 9.72 Å². The third kappa shape index (κ3) is 2.50. The molecule has 3 nitrogen and oxygen atoms in total. The maximum Gasteiger partial charge on any atom is 0.189 e. The molecule has 0 aliphatic heterocycles. The van der Waals surface area contributed by atoms with Crippen LogP contribution in [0.3, 0.4) is 0 Å². The summed E-state index contributed by atoms with van der Waals surface area (Å²) in [5, 5.41) is 0.646. The van der Waals surface area contributed by atoms with Crippen LogP contribution in [0.4, 0.5) is 0 Å². The summed E-state index contributed by atoms with van der Waals surface area (Å²) in [6, 6.07) is 17.0. The first-order valence-electron chi connectivity index (χ1n) is 6.11. The Morgan fingerprint density at radius 2 is 1.84 bits per heavy atom. The van der Waals surface area contributed by atoms with E-state index in [4.69, 9.17) is 4.74 Å². The van der Waals surface area contributed by atoms with E-state index in [-0.39, 0.29) is 5.43 Å². The van der Waals surface area contributed by atoms with Gasteiger partial charge in [-0.2, -0.15) is 0 Å². The zero-order chi connectivity index (χ0) is 13.1. The first-order chi connectivity index (χ1) is 9.33. The van der Waals surface area contributed by atoms with Gasteiger partial charge in [-0.25, -0.2) is 0 Å². The maximum absolute atomic E-state index is 11.7. The van der Waals surface area contributed by atoms with Crippen LogP contribution in [0, 0.1) is 0 Å². The molecule has 1 aromatic heterocycles. The molecular formula is C16H13NO2. The van der Waals surface area contributed by atoms with E-state index in [0.717, 1.165) is 11.1 Å². The van der Waals surface area contributed by atoms with Crippen molar-refractivity contribution in [2.24, 2.45) is 0 Å². The van der Waals surface area contributed by atoms with Crippen molar-refractivity contribution >= 4 is 10.9 Å². The highest BCUT2D eigenvalue weighted by atomic mass is 16.5. The molecule has 3 aromatic rings. The number of hydrogen-bond donors (Lipinski definition) is 1. The minimum absolute atomic E-state index is 0.00101. The molecule has 0 fully saturated rings. The van der Waals surface area contributed by atoms with Gasteiger partial charge >= 0.3 is 0 Å². The lowest BCUT2D eigenvalue weighted by Crippen LogP contribution is -2.01. The molecule has 0 atom stereocenters. The molecule has 19 heavy (non-hydrogen) atoms. The van der Waals surface area contributed by atoms with Crippen LogP contribution in [0.25, 0.3) is 10.9 Å². The molecule has 0 unspecified atom stereocenters. The zero-order valence-electron chi connectivity index (χ0n) is 10.3. The van der Waals surface area contributed by atoms with Gasteiger partial charge in [-0.3, -0.25) is 4.79 Å². The van der Waals surface area contributed by atoms with Gasteiger partial charge in [0.05, 0.1) is 0 Å². The van der Waals surface area contributed by atoms with Crippen molar-refractivity contribution in [3.63, 3.8) is 0 Å². The summed E-state index contributed by atoms with van der Waals surface area (Å²) < 4.78 is 5.70. The van der Waals surface area contributed by atoms with Crippen molar-refractivity contribution in [3.05, 3.63) is 76.6 Å². The fraction of sp³-hybridized carbons (Fsp3) is 0.0625. The number of nitrogens with one attached hydrogen (secondary N) is 1. The SMILES string of the molecule is O=c1cc[nH]c2ccc(OCc3ccccc3)cc12. The molecule has 0 aliphatic carbocycles. The Bertz CT molecular complexity index is 747. The second-order valence-electron chi connectivity index (χ2n) is 4.32. The summed E-state index contributed by atoms with van der Waals surface area (Å²) in [5.41, 5.74) is 1.92. The number of fused-ring (bicyclic) bond motifs is 1. The van der Waals surface area contributed by atoms with Crippen molar-refractivity contribution in [3.8, 4) is 5.75 Å². The number of aromatic nitrogens is 1. The number of benzene rings is 2. The summed E-state index contributed by atoms with van der Waals surface area (Å²) in [6.07, 6.45) is 1.65. The molecule has 3 heteroatoms. The summed E-state index contributed by atoms with van der Waals surface area (Å²) >= 11 is 0. The number of ether oxygens (including phenoxy) is 1. The highest BCUT2D eigenvalue weighted by molar-refractivity contribution is 5.79. The van der Waals surface area contributed by atoms with Crippen molar-refractivity contribution in [2.45, 2.75) is 6.61 Å². The Balaban J connectivity index is 1.86. The largest absolute Gasteiger partial charge is 0.489 e. The molecule has 0 amide bonds. The minimum atomic E-state index is -0.00101. The van der Waals surface area contributed by atoms with Gasteiger partial charge in [-0.15, -0.1) is 0 Å². The molecule has 3 rings (SSSR count). The second-order valence-corrected chi connectivity index (χ2v) is 4.32. The molecule has 94 valence electrons. The third-order valence-corrected chi connectivity index (χ3v) is 2.98. The van der Waals surface area contributed by atoms with Gasteiger partial charge in [0.15, 0.2) is 5.43 Å². The maximum atomic E-state index is 11.7. The van der Waals surface area contributed by atoms with Crippen molar-refractivity contribution in [1.29, 1.82) is 0 Å². The Kier molecular flexibility index (Phi) is 3.02. The highest BCUT2D eigenvalue weighted by Crippen LogP contribution is 2.17. The van der Waals surface area contributed by atoms with Gasteiger partial charge in [0, 0.05) is 23.2 Å². The second kappa shape index (κ2) is 4.98. The normalized spacial score (nSPS) is 10.5. The highest BCUT2D eigenvalue weighted by Gasteiger charge is 2.01. The standard InChI is InChI=1S/C16H13NO2/c18-16-8-9-17-15-7-6-13(10-14(15)16)19-11-12-4-2-1-3-5-12/h1-10H,11H2,(H,17,18). The Morgan fingerprint density at radius 3 is 2.68 bits per heavy atom. The molecule has 0 bridgehead atoms. The molecule has 0 aliphatic rings. The van der Waals surface area contributed by atoms with Crippen LogP contribution < -0.4 is 10.2 Å². The minimum Gasteiger partial charge on any atom is -0.489 e. The number of aromatic amines is 1. The topological polar surface area (TPSA) is 42.1 Å². The Hall–Kier alpha value is -2.55. The average molecular weight is 251 g/mol. The van der Waals surface area contributed by atoms with Crippen LogP contribution in [-0.2, 0) is 6.61 Å². The molecule has 0 spiro atoms. The molecule has 1 N–H and O–H groups in total. The van der Waals surface area contributed by atoms with E-state index in [0.29, 0.717) is 17.7 Å². The summed E-state index contributed by atoms with van der Waals surface area (Å²) in [6.45, 7) is 0.497. The third-order valence-electron chi connectivity index (χ3n) is 2.98. The molecule has 2 aromatic carbocycles. The molecule has 0 saturated heterocycles. The number of hydrogen-bond acceptors (Lipinski definition) is 2. The van der Waals surface area contributed by atoms with Crippen LogP contribution in [0.1, 0.15) is 5.56 Å². The average Bonchev–Trinajstić information content (AvgIpc) is 2.47. The molecular weight excluding hydrogens is 238 g/mol. The summed E-state index contributed by atoms with van der Waals surface area (Å²) in [7, 11) is 0. The van der Waals surface area contributed by atoms with E-state index in [2.05, 4.69) is 4.98 Å². The van der Waals surface area contributed by atoms with E-state index in [1.165, 1.54) is 6.07 Å². The number of H-pyrrole nitrogens is 1. The first-order valence-corrected chi connectivity index (χ1v) is 6.11. The van der Waals surface area contributed by atoms with E-state index in [1.54, 1.807) is 12.3 Å². The van der Waals surface area contributed by atoms with Crippen LogP contribution in [0.15, 0.2) is 65.6 Å². The van der Waals surface area contributed by atoms with Crippen molar-refractivity contribution < 1.29 is 4.74 Å². The van der Waals surface area contributed by atoms with Crippen molar-refractivity contribution in [2.75, 3.05) is 0 Å². The summed E-state index contributed by atoms with van der Waals surface area (Å²) in [5.74, 6) is 0.702. The Morgan fingerprint density at radius 1 is 1.00 bits per heavy atom. The van der Waals surface area contributed by atoms with Crippen LogP contribution in [0.5, 0.6) is 5.75 Å².